The summed E-state index contributed by atoms with van der Waals surface area (Å²) >= 11 is 0. The average molecular weight is 246 g/mol. The number of hydrogen-bond donors (Lipinski definition) is 0. The van der Waals surface area contributed by atoms with Crippen molar-refractivity contribution in [2.45, 2.75) is 31.1 Å². The van der Waals surface area contributed by atoms with Crippen molar-refractivity contribution in [3.63, 3.8) is 0 Å². The molecule has 94 valence electrons. The minimum absolute atomic E-state index is 0.159. The predicted molar refractivity (Wildman–Crippen MR) is 63.3 cm³/mol. The normalized spacial score (nSPS) is 26.1. The van der Waals surface area contributed by atoms with Crippen LogP contribution in [0.4, 0.5) is 0 Å². The lowest BCUT2D eigenvalue weighted by molar-refractivity contribution is -0.153. The quantitative estimate of drug-likeness (QED) is 0.559. The number of hydrogen-bond acceptors (Lipinski definition) is 4. The molecule has 18 heavy (non-hydrogen) atoms. The zero-order valence-electron chi connectivity index (χ0n) is 10.2. The molecule has 4 heteroatoms. The Balaban J connectivity index is 2.16. The molecule has 1 unspecified atom stereocenters. The predicted octanol–water partition coefficient (Wildman–Crippen LogP) is 1.74. The molecular weight excluding hydrogens is 232 g/mol. The third-order valence-corrected chi connectivity index (χ3v) is 3.93. The van der Waals surface area contributed by atoms with Crippen LogP contribution in [0.25, 0.3) is 0 Å². The molecule has 1 atom stereocenters. The Morgan fingerprint density at radius 1 is 1.33 bits per heavy atom. The van der Waals surface area contributed by atoms with Crippen molar-refractivity contribution in [3.05, 3.63) is 29.3 Å². The van der Waals surface area contributed by atoms with Gasteiger partial charge in [-0.2, -0.15) is 0 Å². The fraction of sp³-hybridized carbons (Fsp3) is 0.429. The molecule has 1 heterocycles. The highest BCUT2D eigenvalue weighted by Crippen LogP contribution is 2.45. The molecule has 3 rings (SSSR count). The fourth-order valence-corrected chi connectivity index (χ4v) is 3.01. The second kappa shape index (κ2) is 3.83. The smallest absolute Gasteiger partial charge is 0.324 e. The molecule has 0 N–H and O–H groups in total. The van der Waals surface area contributed by atoms with Crippen molar-refractivity contribution >= 4 is 11.9 Å². The first-order chi connectivity index (χ1) is 8.65. The third-order valence-electron chi connectivity index (χ3n) is 3.93. The molecule has 0 saturated carbocycles. The highest BCUT2D eigenvalue weighted by molar-refractivity contribution is 6.01. The van der Waals surface area contributed by atoms with Crippen LogP contribution in [0, 0.1) is 0 Å². The second-order valence-electron chi connectivity index (χ2n) is 4.90. The number of carbonyl (C=O) groups excluding carboxylic acids is 2. The summed E-state index contributed by atoms with van der Waals surface area (Å²) < 4.78 is 9.97. The summed E-state index contributed by atoms with van der Waals surface area (Å²) in [5.74, 6) is -0.112. The van der Waals surface area contributed by atoms with Gasteiger partial charge in [0.1, 0.15) is 11.2 Å². The monoisotopic (exact) mass is 246 g/mol. The zero-order valence-corrected chi connectivity index (χ0v) is 10.2. The van der Waals surface area contributed by atoms with Gasteiger partial charge in [-0.15, -0.1) is 0 Å². The first kappa shape index (κ1) is 11.3. The van der Waals surface area contributed by atoms with Gasteiger partial charge in [0.15, 0.2) is 0 Å². The summed E-state index contributed by atoms with van der Waals surface area (Å²) in [5.41, 5.74) is 1.26. The van der Waals surface area contributed by atoms with Crippen LogP contribution in [0.3, 0.4) is 0 Å². The molecule has 1 aliphatic heterocycles. The van der Waals surface area contributed by atoms with Crippen molar-refractivity contribution in [1.29, 1.82) is 0 Å². The van der Waals surface area contributed by atoms with Gasteiger partial charge in [0.05, 0.1) is 13.5 Å². The van der Waals surface area contributed by atoms with Crippen LogP contribution in [-0.2, 0) is 26.2 Å². The number of rotatable bonds is 1. The van der Waals surface area contributed by atoms with E-state index >= 15 is 0 Å². The van der Waals surface area contributed by atoms with Gasteiger partial charge < -0.3 is 9.47 Å². The van der Waals surface area contributed by atoms with Crippen LogP contribution in [-0.4, -0.2) is 19.0 Å². The fourth-order valence-electron chi connectivity index (χ4n) is 3.01. The maximum atomic E-state index is 12.0. The first-order valence-corrected chi connectivity index (χ1v) is 6.08. The maximum absolute atomic E-state index is 12.0. The lowest BCUT2D eigenvalue weighted by Crippen LogP contribution is -2.35. The van der Waals surface area contributed by atoms with Crippen LogP contribution in [0.1, 0.15) is 30.4 Å². The molecule has 1 aliphatic carbocycles. The number of ether oxygens (including phenoxy) is 2. The Bertz CT molecular complexity index is 535. The van der Waals surface area contributed by atoms with E-state index in [2.05, 4.69) is 0 Å². The molecule has 0 bridgehead atoms. The number of esters is 2. The van der Waals surface area contributed by atoms with E-state index in [0.29, 0.717) is 12.2 Å². The molecule has 1 fully saturated rings. The third kappa shape index (κ3) is 1.45. The van der Waals surface area contributed by atoms with Crippen LogP contribution < -0.4 is 4.74 Å². The minimum Gasteiger partial charge on any atom is -0.497 e. The Hall–Kier alpha value is -1.84. The molecular formula is C14H14O4. The number of fused-ring (bicyclic) bond motifs is 2. The van der Waals surface area contributed by atoms with Crippen molar-refractivity contribution in [3.8, 4) is 5.75 Å². The van der Waals surface area contributed by atoms with Crippen molar-refractivity contribution in [2.75, 3.05) is 7.11 Å². The summed E-state index contributed by atoms with van der Waals surface area (Å²) in [4.78, 5) is 23.5. The van der Waals surface area contributed by atoms with Crippen LogP contribution in [0.2, 0.25) is 0 Å². The first-order valence-electron chi connectivity index (χ1n) is 6.08. The van der Waals surface area contributed by atoms with Crippen LogP contribution in [0.15, 0.2) is 18.2 Å². The molecule has 0 aromatic heterocycles. The zero-order chi connectivity index (χ0) is 12.8. The summed E-state index contributed by atoms with van der Waals surface area (Å²) in [6, 6.07) is 5.74. The Kier molecular flexibility index (Phi) is 2.40. The summed E-state index contributed by atoms with van der Waals surface area (Å²) in [5, 5.41) is 0. The SMILES string of the molecule is COc1ccc2c(c1)C1(CCC2)CC(=O)OC1=O. The molecule has 4 nitrogen and oxygen atoms in total. The lowest BCUT2D eigenvalue weighted by atomic mass is 9.69. The van der Waals surface area contributed by atoms with Crippen molar-refractivity contribution in [2.24, 2.45) is 0 Å². The number of methoxy groups -OCH3 is 1. The van der Waals surface area contributed by atoms with Crippen molar-refractivity contribution in [1.82, 2.24) is 0 Å². The number of aryl methyl sites for hydroxylation is 1. The Morgan fingerprint density at radius 2 is 2.17 bits per heavy atom. The van der Waals surface area contributed by atoms with Crippen LogP contribution >= 0.6 is 0 Å². The summed E-state index contributed by atoms with van der Waals surface area (Å²) in [6.45, 7) is 0. The van der Waals surface area contributed by atoms with E-state index in [4.69, 9.17) is 9.47 Å². The van der Waals surface area contributed by atoms with E-state index in [0.717, 1.165) is 24.0 Å². The van der Waals surface area contributed by atoms with E-state index in [1.54, 1.807) is 7.11 Å². The number of carbonyl (C=O) groups is 2. The average Bonchev–Trinajstić information content (AvgIpc) is 2.65. The van der Waals surface area contributed by atoms with Crippen molar-refractivity contribution < 1.29 is 19.1 Å². The standard InChI is InChI=1S/C14H14O4/c1-17-10-5-4-9-3-2-6-14(11(9)7-10)8-12(15)18-13(14)16/h4-5,7H,2-3,6,8H2,1H3. The van der Waals surface area contributed by atoms with Gasteiger partial charge in [0.2, 0.25) is 0 Å². The molecule has 0 radical (unpaired) electrons. The van der Waals surface area contributed by atoms with E-state index in [9.17, 15) is 9.59 Å². The van der Waals surface area contributed by atoms with Crippen LogP contribution in [0.5, 0.6) is 5.75 Å². The van der Waals surface area contributed by atoms with E-state index < -0.39 is 17.4 Å². The highest BCUT2D eigenvalue weighted by atomic mass is 16.6. The minimum atomic E-state index is -0.765. The topological polar surface area (TPSA) is 52.6 Å². The molecule has 2 aliphatic rings. The maximum Gasteiger partial charge on any atom is 0.324 e. The van der Waals surface area contributed by atoms with Gasteiger partial charge in [-0.3, -0.25) is 9.59 Å². The lowest BCUT2D eigenvalue weighted by Gasteiger charge is -2.31. The summed E-state index contributed by atoms with van der Waals surface area (Å²) in [7, 11) is 1.59. The van der Waals surface area contributed by atoms with Gasteiger partial charge in [-0.25, -0.2) is 0 Å². The Labute approximate surface area is 105 Å². The van der Waals surface area contributed by atoms with E-state index in [-0.39, 0.29) is 6.42 Å². The van der Waals surface area contributed by atoms with Gasteiger partial charge in [0.25, 0.3) is 0 Å². The number of cyclic esters (lactones) is 2. The number of benzene rings is 1. The largest absolute Gasteiger partial charge is 0.497 e. The Morgan fingerprint density at radius 3 is 2.83 bits per heavy atom. The van der Waals surface area contributed by atoms with E-state index in [1.165, 1.54) is 0 Å². The molecule has 0 amide bonds. The molecule has 1 aromatic rings. The summed E-state index contributed by atoms with van der Waals surface area (Å²) in [6.07, 6.45) is 2.67. The van der Waals surface area contributed by atoms with E-state index in [1.807, 2.05) is 18.2 Å². The molecule has 1 spiro atoms. The molecule has 1 aromatic carbocycles. The van der Waals surface area contributed by atoms with Gasteiger partial charge >= 0.3 is 11.9 Å². The van der Waals surface area contributed by atoms with Gasteiger partial charge in [-0.1, -0.05) is 6.07 Å². The van der Waals surface area contributed by atoms with Gasteiger partial charge in [-0.05, 0) is 42.5 Å². The second-order valence-corrected chi connectivity index (χ2v) is 4.90. The molecule has 1 saturated heterocycles. The highest BCUT2D eigenvalue weighted by Gasteiger charge is 2.52. The van der Waals surface area contributed by atoms with Gasteiger partial charge in [0, 0.05) is 0 Å².